The molecule has 1 aliphatic heterocycles. The number of hydrogen-bond acceptors (Lipinski definition) is 5. The Morgan fingerprint density at radius 2 is 2.00 bits per heavy atom. The summed E-state index contributed by atoms with van der Waals surface area (Å²) in [5.74, 6) is 0.872. The number of benzene rings is 2. The molecule has 0 fully saturated rings. The molecule has 32 heavy (non-hydrogen) atoms. The lowest BCUT2D eigenvalue weighted by Gasteiger charge is -2.29. The predicted molar refractivity (Wildman–Crippen MR) is 123 cm³/mol. The van der Waals surface area contributed by atoms with Gasteiger partial charge in [-0.05, 0) is 47.3 Å². The van der Waals surface area contributed by atoms with Crippen LogP contribution in [0.4, 0.5) is 5.69 Å². The first-order valence-electron chi connectivity index (χ1n) is 9.83. The van der Waals surface area contributed by atoms with Crippen LogP contribution in [0.25, 0.3) is 22.6 Å². The lowest BCUT2D eigenvalue weighted by molar-refractivity contribution is -0.764. The average Bonchev–Trinajstić information content (AvgIpc) is 3.27. The van der Waals surface area contributed by atoms with E-state index in [9.17, 15) is 9.59 Å². The Kier molecular flexibility index (Phi) is 5.11. The number of H-pyrrole nitrogens is 1. The van der Waals surface area contributed by atoms with Gasteiger partial charge in [-0.15, -0.1) is 0 Å². The van der Waals surface area contributed by atoms with Crippen molar-refractivity contribution in [3.05, 3.63) is 81.8 Å². The van der Waals surface area contributed by atoms with Crippen molar-refractivity contribution < 1.29 is 13.9 Å². The number of carbonyl (C=O) groups excluding carboxylic acids is 1. The molecule has 2 aromatic carbocycles. The summed E-state index contributed by atoms with van der Waals surface area (Å²) in [4.78, 5) is 30.3. The van der Waals surface area contributed by atoms with E-state index in [1.165, 1.54) is 18.7 Å². The molecular weight excluding hydrogens is 448 g/mol. The van der Waals surface area contributed by atoms with Gasteiger partial charge >= 0.3 is 17.4 Å². The molecule has 7 nitrogen and oxygen atoms in total. The molecule has 1 amide bonds. The summed E-state index contributed by atoms with van der Waals surface area (Å²) in [6.45, 7) is 1.48. The van der Waals surface area contributed by atoms with Crippen LogP contribution in [0.1, 0.15) is 18.8 Å². The molecule has 0 saturated heterocycles. The summed E-state index contributed by atoms with van der Waals surface area (Å²) >= 11 is 7.45. The molecule has 0 bridgehead atoms. The molecular formula is C23H18ClN4O3S+. The fraction of sp³-hybridized carbons (Fsp3) is 0.130. The van der Waals surface area contributed by atoms with E-state index in [0.29, 0.717) is 38.6 Å². The van der Waals surface area contributed by atoms with Crippen LogP contribution >= 0.6 is 23.4 Å². The van der Waals surface area contributed by atoms with Crippen LogP contribution in [0.5, 0.6) is 0 Å². The van der Waals surface area contributed by atoms with Gasteiger partial charge in [-0.2, -0.15) is 0 Å². The van der Waals surface area contributed by atoms with Crippen LogP contribution in [0.15, 0.2) is 75.0 Å². The zero-order valence-electron chi connectivity index (χ0n) is 17.2. The predicted octanol–water partition coefficient (Wildman–Crippen LogP) is 4.27. The molecule has 1 N–H and O–H groups in total. The lowest BCUT2D eigenvalue weighted by Crippen LogP contribution is -2.60. The number of amides is 1. The van der Waals surface area contributed by atoms with E-state index in [4.69, 9.17) is 16.0 Å². The number of nitrogens with one attached hydrogen (secondary N) is 1. The van der Waals surface area contributed by atoms with Crippen LogP contribution in [0.2, 0.25) is 5.02 Å². The second kappa shape index (κ2) is 7.96. The summed E-state index contributed by atoms with van der Waals surface area (Å²) in [5.41, 5.74) is 2.13. The summed E-state index contributed by atoms with van der Waals surface area (Å²) in [5, 5.41) is 5.66. The van der Waals surface area contributed by atoms with Crippen LogP contribution < -0.4 is 15.1 Å². The number of thioether (sulfide) groups is 1. The normalized spacial score (nSPS) is 14.7. The highest BCUT2D eigenvalue weighted by Crippen LogP contribution is 2.38. The summed E-state index contributed by atoms with van der Waals surface area (Å²) < 4.78 is 7.76. The SMILES string of the molecule is CSc1n[n+]2c(c(=O)[nH]1)-c1ccccc1N(C(C)=O)[C@@H]2c1ccc(-c2cccc(Cl)c2)o1. The Morgan fingerprint density at radius 3 is 2.75 bits per heavy atom. The number of rotatable bonds is 3. The van der Waals surface area contributed by atoms with Crippen molar-refractivity contribution in [1.82, 2.24) is 10.1 Å². The van der Waals surface area contributed by atoms with Gasteiger partial charge in [0.05, 0.1) is 11.3 Å². The number of nitrogens with zero attached hydrogens (tertiary/aromatic N) is 3. The average molecular weight is 466 g/mol. The Labute approximate surface area is 192 Å². The smallest absolute Gasteiger partial charge is 0.325 e. The number of aromatic amines is 1. The van der Waals surface area contributed by atoms with Gasteiger partial charge in [-0.25, -0.2) is 4.90 Å². The number of anilines is 1. The Hall–Kier alpha value is -3.36. The molecule has 0 saturated carbocycles. The number of hydrogen-bond donors (Lipinski definition) is 1. The molecule has 1 aliphatic rings. The summed E-state index contributed by atoms with van der Waals surface area (Å²) in [7, 11) is 0. The van der Waals surface area contributed by atoms with Gasteiger partial charge < -0.3 is 4.42 Å². The van der Waals surface area contributed by atoms with Crippen molar-refractivity contribution in [3.63, 3.8) is 0 Å². The van der Waals surface area contributed by atoms with Crippen molar-refractivity contribution in [2.45, 2.75) is 18.2 Å². The first kappa shape index (κ1) is 20.5. The largest absolute Gasteiger partial charge is 0.452 e. The van der Waals surface area contributed by atoms with Crippen molar-refractivity contribution in [1.29, 1.82) is 0 Å². The second-order valence-corrected chi connectivity index (χ2v) is 8.48. The number of fused-ring (bicyclic) bond motifs is 3. The molecule has 4 aromatic rings. The number of furan rings is 1. The molecule has 0 spiro atoms. The van der Waals surface area contributed by atoms with Crippen LogP contribution in [0.3, 0.4) is 0 Å². The summed E-state index contributed by atoms with van der Waals surface area (Å²) in [6, 6.07) is 18.2. The van der Waals surface area contributed by atoms with E-state index in [1.807, 2.05) is 48.7 Å². The molecule has 1 atom stereocenters. The fourth-order valence-corrected chi connectivity index (χ4v) is 4.51. The molecule has 9 heteroatoms. The maximum absolute atomic E-state index is 13.0. The van der Waals surface area contributed by atoms with Crippen LogP contribution in [-0.4, -0.2) is 22.2 Å². The van der Waals surface area contributed by atoms with Crippen molar-refractivity contribution >= 4 is 35.0 Å². The highest BCUT2D eigenvalue weighted by atomic mass is 35.5. The van der Waals surface area contributed by atoms with Crippen molar-refractivity contribution in [2.24, 2.45) is 0 Å². The van der Waals surface area contributed by atoms with E-state index < -0.39 is 6.17 Å². The monoisotopic (exact) mass is 465 g/mol. The molecule has 5 rings (SSSR count). The van der Waals surface area contributed by atoms with Gasteiger partial charge in [0.1, 0.15) is 5.76 Å². The molecule has 0 aliphatic carbocycles. The molecule has 160 valence electrons. The quantitative estimate of drug-likeness (QED) is 0.361. The third-order valence-electron chi connectivity index (χ3n) is 5.28. The van der Waals surface area contributed by atoms with E-state index in [0.717, 1.165) is 5.56 Å². The van der Waals surface area contributed by atoms with Gasteiger partial charge in [0.2, 0.25) is 11.1 Å². The minimum Gasteiger partial charge on any atom is -0.452 e. The Bertz CT molecular complexity index is 1410. The standard InChI is InChI=1S/C23H17ClN4O3S/c1-13(29)27-17-9-4-3-8-16(17)20-21(30)25-23(32-2)26-28(20)22(27)19-11-10-18(31-19)14-6-5-7-15(24)12-14/h3-12,22H,1-2H3/p+1/t22-/m0/s1. The van der Waals surface area contributed by atoms with Gasteiger partial charge in [-0.1, -0.05) is 47.6 Å². The van der Waals surface area contributed by atoms with E-state index in [2.05, 4.69) is 10.1 Å². The molecule has 3 heterocycles. The lowest BCUT2D eigenvalue weighted by atomic mass is 10.0. The molecule has 2 aromatic heterocycles. The van der Waals surface area contributed by atoms with Crippen molar-refractivity contribution in [2.75, 3.05) is 11.2 Å². The van der Waals surface area contributed by atoms with Crippen molar-refractivity contribution in [3.8, 4) is 22.6 Å². The van der Waals surface area contributed by atoms with Gasteiger partial charge in [-0.3, -0.25) is 14.6 Å². The maximum Gasteiger partial charge on any atom is 0.325 e. The van der Waals surface area contributed by atoms with E-state index in [1.54, 1.807) is 27.8 Å². The Balaban J connectivity index is 1.76. The first-order chi connectivity index (χ1) is 15.5. The van der Waals surface area contributed by atoms with Crippen LogP contribution in [-0.2, 0) is 4.79 Å². The number of carbonyl (C=O) groups is 1. The minimum absolute atomic E-state index is 0.200. The van der Waals surface area contributed by atoms with Gasteiger partial charge in [0.15, 0.2) is 5.76 Å². The second-order valence-electron chi connectivity index (χ2n) is 7.25. The maximum atomic E-state index is 13.0. The summed E-state index contributed by atoms with van der Waals surface area (Å²) in [6.07, 6.45) is 1.06. The third kappa shape index (κ3) is 3.32. The van der Waals surface area contributed by atoms with Gasteiger partial charge in [0.25, 0.3) is 0 Å². The molecule has 0 unspecified atom stereocenters. The minimum atomic E-state index is -0.765. The first-order valence-corrected chi connectivity index (χ1v) is 11.4. The number of halogens is 1. The van der Waals surface area contributed by atoms with E-state index >= 15 is 0 Å². The highest BCUT2D eigenvalue weighted by Gasteiger charge is 2.46. The Morgan fingerprint density at radius 1 is 1.19 bits per heavy atom. The number of aromatic nitrogens is 3. The zero-order chi connectivity index (χ0) is 22.4. The van der Waals surface area contributed by atoms with E-state index in [-0.39, 0.29) is 11.5 Å². The highest BCUT2D eigenvalue weighted by molar-refractivity contribution is 7.98. The van der Waals surface area contributed by atoms with Gasteiger partial charge in [0, 0.05) is 22.6 Å². The van der Waals surface area contributed by atoms with Crippen LogP contribution in [0, 0.1) is 0 Å². The third-order valence-corrected chi connectivity index (χ3v) is 6.09. The molecule has 0 radical (unpaired) electrons. The topological polar surface area (TPSA) is 83.1 Å². The zero-order valence-corrected chi connectivity index (χ0v) is 18.8. The fourth-order valence-electron chi connectivity index (χ4n) is 3.95. The number of para-hydroxylation sites is 1.